The van der Waals surface area contributed by atoms with Gasteiger partial charge in [-0.05, 0) is 13.0 Å². The number of nitrogens with two attached hydrogens (primary N) is 1. The van der Waals surface area contributed by atoms with E-state index in [0.29, 0.717) is 16.3 Å². The van der Waals surface area contributed by atoms with Crippen LogP contribution < -0.4 is 10.5 Å². The molecule has 1 unspecified atom stereocenters. The van der Waals surface area contributed by atoms with Crippen molar-refractivity contribution in [1.82, 2.24) is 0 Å². The molecule has 1 aromatic carbocycles. The summed E-state index contributed by atoms with van der Waals surface area (Å²) in [6, 6.07) is 4.16. The lowest BCUT2D eigenvalue weighted by molar-refractivity contribution is 0.356. The summed E-state index contributed by atoms with van der Waals surface area (Å²) >= 11 is 11.0. The monoisotopic (exact) mass is 263 g/mol. The standard InChI is InChI=1S/C11H12Cl2FNO/c1-7(15)10-3-2-9(4-11(10)14)16-6-8(13)5-12/h2-5,7H,6,15H2,1H3/b8-5-. The number of hydrogen-bond acceptors (Lipinski definition) is 2. The second-order valence-electron chi connectivity index (χ2n) is 3.32. The molecule has 1 aromatic rings. The Morgan fingerprint density at radius 3 is 2.81 bits per heavy atom. The van der Waals surface area contributed by atoms with E-state index in [2.05, 4.69) is 0 Å². The minimum absolute atomic E-state index is 0.113. The summed E-state index contributed by atoms with van der Waals surface area (Å²) in [4.78, 5) is 0. The van der Waals surface area contributed by atoms with E-state index in [1.807, 2.05) is 0 Å². The first-order valence-electron chi connectivity index (χ1n) is 4.67. The Bertz CT molecular complexity index is 394. The lowest BCUT2D eigenvalue weighted by Gasteiger charge is -2.09. The van der Waals surface area contributed by atoms with Crippen molar-refractivity contribution < 1.29 is 9.13 Å². The molecule has 0 saturated heterocycles. The van der Waals surface area contributed by atoms with Gasteiger partial charge < -0.3 is 10.5 Å². The normalized spacial score (nSPS) is 13.7. The van der Waals surface area contributed by atoms with Crippen LogP contribution in [-0.2, 0) is 0 Å². The van der Waals surface area contributed by atoms with E-state index in [0.717, 1.165) is 0 Å². The fourth-order valence-corrected chi connectivity index (χ4v) is 1.27. The van der Waals surface area contributed by atoms with E-state index in [1.54, 1.807) is 19.1 Å². The molecule has 0 amide bonds. The van der Waals surface area contributed by atoms with Gasteiger partial charge in [0.2, 0.25) is 0 Å². The predicted octanol–water partition coefficient (Wildman–Crippen LogP) is 3.54. The molecule has 2 N–H and O–H groups in total. The van der Waals surface area contributed by atoms with Crippen LogP contribution in [0.1, 0.15) is 18.5 Å². The third-order valence-electron chi connectivity index (χ3n) is 1.96. The topological polar surface area (TPSA) is 35.2 Å². The highest BCUT2D eigenvalue weighted by Crippen LogP contribution is 2.21. The minimum atomic E-state index is -0.390. The fourth-order valence-electron chi connectivity index (χ4n) is 1.15. The second kappa shape index (κ2) is 6.09. The van der Waals surface area contributed by atoms with Crippen molar-refractivity contribution in [3.8, 4) is 5.75 Å². The van der Waals surface area contributed by atoms with Crippen LogP contribution in [0.15, 0.2) is 28.8 Å². The van der Waals surface area contributed by atoms with Gasteiger partial charge in [-0.3, -0.25) is 0 Å². The molecule has 2 nitrogen and oxygen atoms in total. The Hall–Kier alpha value is -0.770. The van der Waals surface area contributed by atoms with Gasteiger partial charge in [0.1, 0.15) is 18.2 Å². The van der Waals surface area contributed by atoms with Crippen molar-refractivity contribution in [3.63, 3.8) is 0 Å². The van der Waals surface area contributed by atoms with Gasteiger partial charge in [-0.25, -0.2) is 4.39 Å². The number of ether oxygens (including phenoxy) is 1. The van der Waals surface area contributed by atoms with Crippen LogP contribution in [0.25, 0.3) is 0 Å². The largest absolute Gasteiger partial charge is 0.488 e. The predicted molar refractivity (Wildman–Crippen MR) is 64.3 cm³/mol. The Balaban J connectivity index is 2.74. The van der Waals surface area contributed by atoms with Gasteiger partial charge in [0.05, 0.1) is 5.03 Å². The highest BCUT2D eigenvalue weighted by Gasteiger charge is 2.08. The average molecular weight is 264 g/mol. The van der Waals surface area contributed by atoms with Gasteiger partial charge in [0, 0.05) is 23.2 Å². The van der Waals surface area contributed by atoms with Crippen LogP contribution in [0.3, 0.4) is 0 Å². The molecule has 0 aromatic heterocycles. The Kier molecular flexibility index (Phi) is 5.06. The third-order valence-corrected chi connectivity index (χ3v) is 2.55. The van der Waals surface area contributed by atoms with Gasteiger partial charge >= 0.3 is 0 Å². The van der Waals surface area contributed by atoms with Gasteiger partial charge in [0.15, 0.2) is 0 Å². The molecule has 0 aliphatic carbocycles. The number of rotatable bonds is 4. The van der Waals surface area contributed by atoms with Crippen molar-refractivity contribution in [2.45, 2.75) is 13.0 Å². The van der Waals surface area contributed by atoms with Crippen molar-refractivity contribution in [3.05, 3.63) is 40.1 Å². The summed E-state index contributed by atoms with van der Waals surface area (Å²) in [7, 11) is 0. The molecule has 16 heavy (non-hydrogen) atoms. The summed E-state index contributed by atoms with van der Waals surface area (Å²) in [5.41, 5.74) is 7.23. The molecule has 0 aliphatic heterocycles. The van der Waals surface area contributed by atoms with Gasteiger partial charge in [-0.15, -0.1) is 0 Å². The number of hydrogen-bond donors (Lipinski definition) is 1. The molecule has 1 atom stereocenters. The smallest absolute Gasteiger partial charge is 0.131 e. The maximum atomic E-state index is 13.5. The van der Waals surface area contributed by atoms with Gasteiger partial charge in [-0.1, -0.05) is 29.3 Å². The average Bonchev–Trinajstić information content (AvgIpc) is 2.25. The third kappa shape index (κ3) is 3.67. The highest BCUT2D eigenvalue weighted by atomic mass is 35.5. The zero-order valence-electron chi connectivity index (χ0n) is 8.71. The molecule has 0 aliphatic rings. The van der Waals surface area contributed by atoms with Crippen LogP contribution in [0.4, 0.5) is 4.39 Å². The molecule has 0 heterocycles. The van der Waals surface area contributed by atoms with Crippen molar-refractivity contribution >= 4 is 23.2 Å². The molecule has 5 heteroatoms. The molecule has 0 bridgehead atoms. The molecule has 0 saturated carbocycles. The maximum absolute atomic E-state index is 13.5. The molecular formula is C11H12Cl2FNO. The van der Waals surface area contributed by atoms with Crippen molar-refractivity contribution in [2.24, 2.45) is 5.73 Å². The van der Waals surface area contributed by atoms with Crippen LogP contribution in [0.5, 0.6) is 5.75 Å². The molecule has 88 valence electrons. The van der Waals surface area contributed by atoms with Crippen LogP contribution in [0.2, 0.25) is 0 Å². The zero-order chi connectivity index (χ0) is 12.1. The molecule has 0 spiro atoms. The van der Waals surface area contributed by atoms with Gasteiger partial charge in [0.25, 0.3) is 0 Å². The van der Waals surface area contributed by atoms with E-state index in [4.69, 9.17) is 33.7 Å². The summed E-state index contributed by atoms with van der Waals surface area (Å²) < 4.78 is 18.7. The second-order valence-corrected chi connectivity index (χ2v) is 4.02. The zero-order valence-corrected chi connectivity index (χ0v) is 10.2. The summed E-state index contributed by atoms with van der Waals surface area (Å²) in [6.45, 7) is 1.83. The summed E-state index contributed by atoms with van der Waals surface area (Å²) in [6.07, 6.45) is 0. The number of benzene rings is 1. The van der Waals surface area contributed by atoms with E-state index in [-0.39, 0.29) is 12.6 Å². The Morgan fingerprint density at radius 2 is 2.31 bits per heavy atom. The lowest BCUT2D eigenvalue weighted by atomic mass is 10.1. The minimum Gasteiger partial charge on any atom is -0.488 e. The lowest BCUT2D eigenvalue weighted by Crippen LogP contribution is -2.07. The fraction of sp³-hybridized carbons (Fsp3) is 0.273. The molecular weight excluding hydrogens is 252 g/mol. The maximum Gasteiger partial charge on any atom is 0.131 e. The first-order chi connectivity index (χ1) is 7.54. The van der Waals surface area contributed by atoms with Crippen molar-refractivity contribution in [1.29, 1.82) is 0 Å². The number of halogens is 3. The summed E-state index contributed by atoms with van der Waals surface area (Å²) in [5, 5.41) is 0.346. The van der Waals surface area contributed by atoms with E-state index < -0.39 is 5.82 Å². The van der Waals surface area contributed by atoms with Crippen LogP contribution >= 0.6 is 23.2 Å². The molecule has 0 fully saturated rings. The quantitative estimate of drug-likeness (QED) is 0.902. The Morgan fingerprint density at radius 1 is 1.62 bits per heavy atom. The first kappa shape index (κ1) is 13.3. The van der Waals surface area contributed by atoms with Crippen molar-refractivity contribution in [2.75, 3.05) is 6.61 Å². The molecule has 1 rings (SSSR count). The van der Waals surface area contributed by atoms with Gasteiger partial charge in [-0.2, -0.15) is 0 Å². The Labute approximate surface area is 104 Å². The first-order valence-corrected chi connectivity index (χ1v) is 5.48. The summed E-state index contributed by atoms with van der Waals surface area (Å²) in [5.74, 6) is -0.00274. The van der Waals surface area contributed by atoms with E-state index >= 15 is 0 Å². The van der Waals surface area contributed by atoms with Crippen LogP contribution in [-0.4, -0.2) is 6.61 Å². The highest BCUT2D eigenvalue weighted by molar-refractivity contribution is 6.36. The van der Waals surface area contributed by atoms with Crippen LogP contribution in [0, 0.1) is 5.82 Å². The molecule has 0 radical (unpaired) electrons. The van der Waals surface area contributed by atoms with E-state index in [9.17, 15) is 4.39 Å². The van der Waals surface area contributed by atoms with E-state index in [1.165, 1.54) is 11.6 Å². The SMILES string of the molecule is CC(N)c1ccc(OC/C(Cl)=C/Cl)cc1F.